The molecule has 10 heteroatoms. The van der Waals surface area contributed by atoms with E-state index in [2.05, 4.69) is 9.98 Å². The summed E-state index contributed by atoms with van der Waals surface area (Å²) in [4.78, 5) is 34.7. The Bertz CT molecular complexity index is 1190. The Kier molecular flexibility index (Phi) is 7.34. The first kappa shape index (κ1) is 23.9. The number of fused-ring (bicyclic) bond motifs is 1. The number of aromatic nitrogens is 1. The van der Waals surface area contributed by atoms with Crippen molar-refractivity contribution in [3.63, 3.8) is 0 Å². The fourth-order valence-corrected chi connectivity index (χ4v) is 3.59. The van der Waals surface area contributed by atoms with Crippen molar-refractivity contribution >= 4 is 23.3 Å². The van der Waals surface area contributed by atoms with Crippen molar-refractivity contribution in [2.75, 3.05) is 39.1 Å². The molecule has 1 aromatic heterocycles. The van der Waals surface area contributed by atoms with Gasteiger partial charge in [0.05, 0.1) is 36.7 Å². The quantitative estimate of drug-likeness (QED) is 0.165. The summed E-state index contributed by atoms with van der Waals surface area (Å²) < 4.78 is 16.0. The van der Waals surface area contributed by atoms with Crippen LogP contribution in [0.5, 0.6) is 11.6 Å². The van der Waals surface area contributed by atoms with E-state index < -0.39 is 0 Å². The van der Waals surface area contributed by atoms with Gasteiger partial charge in [-0.1, -0.05) is 12.1 Å². The molecule has 2 aromatic carbocycles. The number of pyridine rings is 1. The van der Waals surface area contributed by atoms with Crippen molar-refractivity contribution in [2.45, 2.75) is 0 Å². The van der Waals surface area contributed by atoms with Crippen LogP contribution in [0.25, 0.3) is 0 Å². The van der Waals surface area contributed by atoms with E-state index in [9.17, 15) is 9.59 Å². The van der Waals surface area contributed by atoms with Gasteiger partial charge in [0, 0.05) is 18.7 Å². The minimum Gasteiger partial charge on any atom is -0.492 e. The highest BCUT2D eigenvalue weighted by atomic mass is 16.5. The normalized spacial score (nSPS) is 13.1. The fraction of sp³-hybridized carbons (Fsp3) is 0.200. The highest BCUT2D eigenvalue weighted by molar-refractivity contribution is 6.21. The monoisotopic (exact) mass is 475 g/mol. The zero-order valence-corrected chi connectivity index (χ0v) is 19.4. The summed E-state index contributed by atoms with van der Waals surface area (Å²) in [7, 11) is 3.08. The van der Waals surface area contributed by atoms with Crippen LogP contribution in [0.4, 0.5) is 5.69 Å². The summed E-state index contributed by atoms with van der Waals surface area (Å²) in [5.41, 5.74) is 2.18. The minimum absolute atomic E-state index is 0.116. The Morgan fingerprint density at radius 1 is 1.00 bits per heavy atom. The van der Waals surface area contributed by atoms with Crippen molar-refractivity contribution in [1.82, 2.24) is 9.88 Å². The molecule has 0 aliphatic carbocycles. The number of imide groups is 1. The number of hydrazine groups is 1. The number of anilines is 1. The number of nitrogens with two attached hydrogens (primary N) is 1. The lowest BCUT2D eigenvalue weighted by Gasteiger charge is -2.21. The second-order valence-electron chi connectivity index (χ2n) is 7.51. The van der Waals surface area contributed by atoms with Crippen LogP contribution in [0.1, 0.15) is 26.3 Å². The van der Waals surface area contributed by atoms with Crippen molar-refractivity contribution in [3.8, 4) is 11.6 Å². The Labute approximate surface area is 202 Å². The average Bonchev–Trinajstić information content (AvgIpc) is 3.14. The lowest BCUT2D eigenvalue weighted by Crippen LogP contribution is -2.38. The fourth-order valence-electron chi connectivity index (χ4n) is 3.59. The molecule has 0 radical (unpaired) electrons. The van der Waals surface area contributed by atoms with Gasteiger partial charge in [-0.25, -0.2) is 15.8 Å². The van der Waals surface area contributed by atoms with Crippen LogP contribution in [0.2, 0.25) is 0 Å². The molecule has 1 aliphatic heterocycles. The van der Waals surface area contributed by atoms with Gasteiger partial charge in [-0.2, -0.15) is 0 Å². The van der Waals surface area contributed by atoms with Gasteiger partial charge >= 0.3 is 0 Å². The number of ether oxygens (including phenoxy) is 3. The largest absolute Gasteiger partial charge is 0.492 e. The third-order valence-electron chi connectivity index (χ3n) is 5.35. The molecular weight excluding hydrogens is 450 g/mol. The van der Waals surface area contributed by atoms with E-state index in [1.165, 1.54) is 17.0 Å². The van der Waals surface area contributed by atoms with E-state index in [0.717, 1.165) is 5.56 Å². The van der Waals surface area contributed by atoms with Gasteiger partial charge in [0.15, 0.2) is 5.84 Å². The van der Waals surface area contributed by atoms with Crippen LogP contribution < -0.4 is 20.3 Å². The predicted octanol–water partition coefficient (Wildman–Crippen LogP) is 2.50. The van der Waals surface area contributed by atoms with Crippen molar-refractivity contribution < 1.29 is 23.8 Å². The highest BCUT2D eigenvalue weighted by Crippen LogP contribution is 2.23. The van der Waals surface area contributed by atoms with Crippen LogP contribution in [-0.2, 0) is 4.74 Å². The van der Waals surface area contributed by atoms with Crippen molar-refractivity contribution in [2.24, 2.45) is 10.8 Å². The first-order valence-electron chi connectivity index (χ1n) is 10.8. The van der Waals surface area contributed by atoms with E-state index in [-0.39, 0.29) is 31.7 Å². The summed E-state index contributed by atoms with van der Waals surface area (Å²) in [5, 5.41) is 1.41. The molecule has 0 saturated carbocycles. The number of hydrogen-bond donors (Lipinski definition) is 1. The molecule has 0 bridgehead atoms. The molecule has 3 aromatic rings. The molecule has 180 valence electrons. The number of rotatable bonds is 9. The van der Waals surface area contributed by atoms with Gasteiger partial charge in [-0.3, -0.25) is 19.5 Å². The van der Waals surface area contributed by atoms with E-state index >= 15 is 0 Å². The summed E-state index contributed by atoms with van der Waals surface area (Å²) in [6.07, 6.45) is 1.58. The smallest absolute Gasteiger partial charge is 0.261 e. The Balaban J connectivity index is 1.41. The van der Waals surface area contributed by atoms with Gasteiger partial charge in [0.25, 0.3) is 11.8 Å². The van der Waals surface area contributed by atoms with Crippen LogP contribution in [0.15, 0.2) is 71.9 Å². The molecule has 2 amide bonds. The number of benzene rings is 2. The van der Waals surface area contributed by atoms with Crippen LogP contribution in [-0.4, -0.2) is 61.6 Å². The highest BCUT2D eigenvalue weighted by Gasteiger charge is 2.34. The zero-order chi connectivity index (χ0) is 24.8. The van der Waals surface area contributed by atoms with Gasteiger partial charge in [0.2, 0.25) is 5.88 Å². The Morgan fingerprint density at radius 3 is 2.26 bits per heavy atom. The van der Waals surface area contributed by atoms with Crippen LogP contribution in [0, 0.1) is 0 Å². The topological polar surface area (TPSA) is 120 Å². The van der Waals surface area contributed by atoms with E-state index in [0.29, 0.717) is 34.3 Å². The van der Waals surface area contributed by atoms with E-state index in [1.807, 2.05) is 12.1 Å². The Morgan fingerprint density at radius 2 is 1.69 bits per heavy atom. The molecule has 0 spiro atoms. The first-order chi connectivity index (χ1) is 17.0. The minimum atomic E-state index is -0.306. The van der Waals surface area contributed by atoms with Gasteiger partial charge in [0.1, 0.15) is 19.1 Å². The van der Waals surface area contributed by atoms with Gasteiger partial charge in [-0.05, 0) is 42.5 Å². The summed E-state index contributed by atoms with van der Waals surface area (Å²) in [6.45, 7) is 0.427. The summed E-state index contributed by atoms with van der Waals surface area (Å²) in [6, 6.07) is 17.4. The van der Waals surface area contributed by atoms with Crippen LogP contribution >= 0.6 is 0 Å². The second kappa shape index (κ2) is 10.8. The number of amidine groups is 1. The number of hydrogen-bond acceptors (Lipinski definition) is 8. The maximum atomic E-state index is 12.5. The lowest BCUT2D eigenvalue weighted by atomic mass is 10.1. The molecule has 0 unspecified atom stereocenters. The third-order valence-corrected chi connectivity index (χ3v) is 5.35. The van der Waals surface area contributed by atoms with E-state index in [1.54, 1.807) is 61.8 Å². The lowest BCUT2D eigenvalue weighted by molar-refractivity contribution is 0.0631. The van der Waals surface area contributed by atoms with Crippen molar-refractivity contribution in [3.05, 3.63) is 83.6 Å². The number of nitrogens with zero attached hydrogens (tertiary/aromatic N) is 4. The number of aliphatic imine (C=N–C) groups is 1. The molecule has 1 aliphatic rings. The standard InChI is InChI=1S/C25H25N5O5/c1-33-16-28-23(30(26)18-9-12-22(34-2)27-15-18)17-7-10-19(11-8-17)35-14-13-29-24(31)20-5-3-4-6-21(20)25(29)32/h3-12,15H,13-14,16,26H2,1-2H3/b28-23-. The van der Waals surface area contributed by atoms with E-state index in [4.69, 9.17) is 20.1 Å². The molecule has 10 nitrogen and oxygen atoms in total. The maximum absolute atomic E-state index is 12.5. The molecule has 35 heavy (non-hydrogen) atoms. The SMILES string of the molecule is COC/N=C(/c1ccc(OCCN2C(=O)c3ccccc3C2=O)cc1)N(N)c1ccc(OC)nc1. The van der Waals surface area contributed by atoms with Gasteiger partial charge < -0.3 is 14.2 Å². The molecule has 4 rings (SSSR count). The number of carbonyl (C=O) groups excluding carboxylic acids is 2. The maximum Gasteiger partial charge on any atom is 0.261 e. The second-order valence-corrected chi connectivity index (χ2v) is 7.51. The molecular formula is C25H25N5O5. The number of methoxy groups -OCH3 is 2. The first-order valence-corrected chi connectivity index (χ1v) is 10.8. The molecule has 0 fully saturated rings. The summed E-state index contributed by atoms with van der Waals surface area (Å²) >= 11 is 0. The third kappa shape index (κ3) is 5.13. The molecule has 2 N–H and O–H groups in total. The Hall–Kier alpha value is -4.28. The molecule has 0 atom stereocenters. The molecule has 2 heterocycles. The predicted molar refractivity (Wildman–Crippen MR) is 130 cm³/mol. The molecule has 0 saturated heterocycles. The number of amides is 2. The van der Waals surface area contributed by atoms with Gasteiger partial charge in [-0.15, -0.1) is 0 Å². The average molecular weight is 476 g/mol. The van der Waals surface area contributed by atoms with Crippen molar-refractivity contribution in [1.29, 1.82) is 0 Å². The zero-order valence-electron chi connectivity index (χ0n) is 19.4. The summed E-state index contributed by atoms with van der Waals surface area (Å²) in [5.74, 6) is 7.22. The number of carbonyl (C=O) groups is 2. The van der Waals surface area contributed by atoms with Crippen LogP contribution in [0.3, 0.4) is 0 Å².